The molecule has 1 aliphatic rings. The number of benzene rings is 2. The highest BCUT2D eigenvalue weighted by molar-refractivity contribution is 5.65. The molecule has 0 heterocycles. The number of ether oxygens (including phenoxy) is 3. The maximum Gasteiger partial charge on any atom is 0.513 e. The van der Waals surface area contributed by atoms with Crippen molar-refractivity contribution in [3.05, 3.63) is 58.4 Å². The van der Waals surface area contributed by atoms with Crippen molar-refractivity contribution >= 4 is 6.16 Å². The van der Waals surface area contributed by atoms with Gasteiger partial charge in [-0.2, -0.15) is 13.2 Å². The number of rotatable bonds is 5. The van der Waals surface area contributed by atoms with Gasteiger partial charge in [-0.3, -0.25) is 0 Å². The van der Waals surface area contributed by atoms with Crippen LogP contribution in [-0.2, 0) is 17.5 Å². The van der Waals surface area contributed by atoms with Crippen molar-refractivity contribution in [2.24, 2.45) is 0 Å². The summed E-state index contributed by atoms with van der Waals surface area (Å²) in [7, 11) is 1.15. The van der Waals surface area contributed by atoms with Crippen LogP contribution in [0.4, 0.5) is 22.4 Å². The first-order valence-electron chi connectivity index (χ1n) is 8.58. The van der Waals surface area contributed by atoms with Gasteiger partial charge in [-0.05, 0) is 48.9 Å². The van der Waals surface area contributed by atoms with Crippen LogP contribution in [0.2, 0.25) is 0 Å². The van der Waals surface area contributed by atoms with E-state index in [2.05, 4.69) is 4.74 Å². The van der Waals surface area contributed by atoms with E-state index in [4.69, 9.17) is 9.47 Å². The first-order valence-corrected chi connectivity index (χ1v) is 8.58. The van der Waals surface area contributed by atoms with E-state index < -0.39 is 29.5 Å². The van der Waals surface area contributed by atoms with Crippen LogP contribution in [0.25, 0.3) is 0 Å². The summed E-state index contributed by atoms with van der Waals surface area (Å²) in [5, 5.41) is 0. The van der Waals surface area contributed by atoms with Crippen LogP contribution >= 0.6 is 0 Å². The molecule has 4 nitrogen and oxygen atoms in total. The lowest BCUT2D eigenvalue weighted by molar-refractivity contribution is -0.139. The van der Waals surface area contributed by atoms with Gasteiger partial charge in [0.15, 0.2) is 0 Å². The lowest BCUT2D eigenvalue weighted by Gasteiger charge is -2.18. The minimum absolute atomic E-state index is 0.132. The Morgan fingerprint density at radius 2 is 1.89 bits per heavy atom. The molecule has 0 radical (unpaired) electrons. The number of alkyl halides is 3. The average molecular weight is 398 g/mol. The molecule has 0 amide bonds. The second kappa shape index (κ2) is 7.69. The molecule has 150 valence electrons. The third kappa shape index (κ3) is 4.37. The number of aryl methyl sites for hydroxylation is 1. The molecule has 3 rings (SSSR count). The van der Waals surface area contributed by atoms with E-state index in [1.807, 2.05) is 0 Å². The van der Waals surface area contributed by atoms with Crippen LogP contribution in [0.5, 0.6) is 11.5 Å². The van der Waals surface area contributed by atoms with Gasteiger partial charge in [0, 0.05) is 11.6 Å². The second-order valence-corrected chi connectivity index (χ2v) is 6.54. The Kier molecular flexibility index (Phi) is 5.49. The summed E-state index contributed by atoms with van der Waals surface area (Å²) in [4.78, 5) is 11.5. The molecular formula is C20H18F4O4. The normalized spacial score (nSPS) is 13.9. The fourth-order valence-electron chi connectivity index (χ4n) is 2.90. The van der Waals surface area contributed by atoms with Crippen molar-refractivity contribution in [1.82, 2.24) is 0 Å². The first-order chi connectivity index (χ1) is 13.2. The summed E-state index contributed by atoms with van der Waals surface area (Å²) in [5.74, 6) is -1.07. The zero-order valence-corrected chi connectivity index (χ0v) is 15.2. The van der Waals surface area contributed by atoms with E-state index in [9.17, 15) is 22.4 Å². The zero-order chi connectivity index (χ0) is 20.5. The van der Waals surface area contributed by atoms with Gasteiger partial charge in [-0.15, -0.1) is 0 Å². The number of carbonyl (C=O) groups is 1. The maximum atomic E-state index is 13.9. The van der Waals surface area contributed by atoms with E-state index >= 15 is 0 Å². The minimum atomic E-state index is -4.70. The number of methoxy groups -OCH3 is 1. The lowest BCUT2D eigenvalue weighted by Crippen LogP contribution is -2.13. The maximum absolute atomic E-state index is 13.9. The highest BCUT2D eigenvalue weighted by atomic mass is 19.4. The molecule has 0 atom stereocenters. The molecule has 1 saturated carbocycles. The molecule has 28 heavy (non-hydrogen) atoms. The largest absolute Gasteiger partial charge is 0.513 e. The number of hydrogen-bond donors (Lipinski definition) is 0. The molecular weight excluding hydrogens is 380 g/mol. The zero-order valence-electron chi connectivity index (χ0n) is 15.2. The van der Waals surface area contributed by atoms with Crippen molar-refractivity contribution in [3.63, 3.8) is 0 Å². The highest BCUT2D eigenvalue weighted by Crippen LogP contribution is 2.44. The summed E-state index contributed by atoms with van der Waals surface area (Å²) in [6, 6.07) is 6.42. The summed E-state index contributed by atoms with van der Waals surface area (Å²) in [6.07, 6.45) is -3.81. The second-order valence-electron chi connectivity index (χ2n) is 6.54. The standard InChI is InChI=1S/C20H18F4O4/c1-11-8-15(20(22,23)24)18(9-16(11)21)27-10-14-13(12-6-7-12)4-3-5-17(14)28-19(25)26-2/h3-5,8-9,12H,6-7,10H2,1-2H3. The third-order valence-electron chi connectivity index (χ3n) is 4.48. The lowest BCUT2D eigenvalue weighted by atomic mass is 10.0. The Hall–Kier alpha value is -2.77. The van der Waals surface area contributed by atoms with Gasteiger partial charge in [0.05, 0.1) is 12.7 Å². The summed E-state index contributed by atoms with van der Waals surface area (Å²) < 4.78 is 68.7. The molecule has 0 aliphatic heterocycles. The summed E-state index contributed by atoms with van der Waals surface area (Å²) in [5.41, 5.74) is 0.0607. The van der Waals surface area contributed by atoms with Crippen molar-refractivity contribution in [2.75, 3.05) is 7.11 Å². The number of carbonyl (C=O) groups excluding carboxylic acids is 1. The predicted molar refractivity (Wildman–Crippen MR) is 91.9 cm³/mol. The summed E-state index contributed by atoms with van der Waals surface area (Å²) in [6.45, 7) is 0.934. The molecule has 1 fully saturated rings. The van der Waals surface area contributed by atoms with E-state index in [0.29, 0.717) is 11.6 Å². The Labute approximate surface area is 159 Å². The first kappa shape index (κ1) is 20.0. The molecule has 0 aromatic heterocycles. The third-order valence-corrected chi connectivity index (χ3v) is 4.48. The van der Waals surface area contributed by atoms with Gasteiger partial charge < -0.3 is 14.2 Å². The van der Waals surface area contributed by atoms with Gasteiger partial charge in [-0.25, -0.2) is 9.18 Å². The number of hydrogen-bond acceptors (Lipinski definition) is 4. The predicted octanol–water partition coefficient (Wildman–Crippen LogP) is 5.75. The van der Waals surface area contributed by atoms with Gasteiger partial charge >= 0.3 is 12.3 Å². The van der Waals surface area contributed by atoms with E-state index in [-0.39, 0.29) is 23.8 Å². The molecule has 2 aromatic rings. The van der Waals surface area contributed by atoms with Crippen LogP contribution in [0.1, 0.15) is 41.0 Å². The van der Waals surface area contributed by atoms with Crippen LogP contribution in [0, 0.1) is 12.7 Å². The van der Waals surface area contributed by atoms with Gasteiger partial charge in [0.1, 0.15) is 23.9 Å². The molecule has 0 bridgehead atoms. The monoisotopic (exact) mass is 398 g/mol. The van der Waals surface area contributed by atoms with Gasteiger partial charge in [0.25, 0.3) is 0 Å². The molecule has 0 unspecified atom stereocenters. The Bertz CT molecular complexity index is 889. The molecule has 2 aromatic carbocycles. The quantitative estimate of drug-likeness (QED) is 0.365. The Balaban J connectivity index is 1.94. The van der Waals surface area contributed by atoms with Crippen molar-refractivity contribution in [3.8, 4) is 11.5 Å². The Morgan fingerprint density at radius 1 is 1.18 bits per heavy atom. The molecule has 8 heteroatoms. The van der Waals surface area contributed by atoms with Crippen molar-refractivity contribution < 1.29 is 36.6 Å². The van der Waals surface area contributed by atoms with Crippen molar-refractivity contribution in [2.45, 2.75) is 38.5 Å². The van der Waals surface area contributed by atoms with Crippen LogP contribution in [-0.4, -0.2) is 13.3 Å². The molecule has 0 spiro atoms. The molecule has 1 aliphatic carbocycles. The topological polar surface area (TPSA) is 44.8 Å². The van der Waals surface area contributed by atoms with E-state index in [0.717, 1.165) is 31.6 Å². The van der Waals surface area contributed by atoms with Gasteiger partial charge in [-0.1, -0.05) is 12.1 Å². The Morgan fingerprint density at radius 3 is 2.50 bits per heavy atom. The van der Waals surface area contributed by atoms with Crippen LogP contribution < -0.4 is 9.47 Å². The fraction of sp³-hybridized carbons (Fsp3) is 0.350. The van der Waals surface area contributed by atoms with Crippen LogP contribution in [0.15, 0.2) is 30.3 Å². The summed E-state index contributed by atoms with van der Waals surface area (Å²) >= 11 is 0. The number of halogens is 4. The average Bonchev–Trinajstić information content (AvgIpc) is 3.46. The SMILES string of the molecule is COC(=O)Oc1cccc(C2CC2)c1COc1cc(F)c(C)cc1C(F)(F)F. The fourth-order valence-corrected chi connectivity index (χ4v) is 2.90. The van der Waals surface area contributed by atoms with E-state index in [1.54, 1.807) is 12.1 Å². The smallest absolute Gasteiger partial charge is 0.488 e. The van der Waals surface area contributed by atoms with Crippen LogP contribution in [0.3, 0.4) is 0 Å². The molecule has 0 saturated heterocycles. The van der Waals surface area contributed by atoms with Crippen molar-refractivity contribution in [1.29, 1.82) is 0 Å². The van der Waals surface area contributed by atoms with E-state index in [1.165, 1.54) is 13.0 Å². The van der Waals surface area contributed by atoms with Gasteiger partial charge in [0.2, 0.25) is 0 Å². The highest BCUT2D eigenvalue weighted by Gasteiger charge is 2.35. The molecule has 0 N–H and O–H groups in total. The minimum Gasteiger partial charge on any atom is -0.488 e.